The fourth-order valence-corrected chi connectivity index (χ4v) is 4.50. The Morgan fingerprint density at radius 1 is 1.32 bits per heavy atom. The summed E-state index contributed by atoms with van der Waals surface area (Å²) in [4.78, 5) is 18.0. The van der Waals surface area contributed by atoms with E-state index < -0.39 is 10.6 Å². The van der Waals surface area contributed by atoms with Crippen LogP contribution in [0.1, 0.15) is 39.3 Å². The largest absolute Gasteiger partial charge is 0.357 e. The first-order chi connectivity index (χ1) is 16.2. The number of nitro groups is 1. The normalized spacial score (nSPS) is 19.5. The minimum Gasteiger partial charge on any atom is -0.357 e. The number of hydrogen-bond acceptors (Lipinski definition) is 8. The van der Waals surface area contributed by atoms with Gasteiger partial charge in [-0.2, -0.15) is 10.2 Å². The van der Waals surface area contributed by atoms with Crippen LogP contribution in [0.5, 0.6) is 0 Å². The molecule has 0 spiro atoms. The van der Waals surface area contributed by atoms with Crippen molar-refractivity contribution >= 4 is 22.4 Å². The highest BCUT2D eigenvalue weighted by Gasteiger charge is 2.32. The van der Waals surface area contributed by atoms with Gasteiger partial charge in [0.15, 0.2) is 11.5 Å². The monoisotopic (exact) mass is 472 g/mol. The molecule has 0 bridgehead atoms. The Balaban J connectivity index is 1.57. The number of hydrogen-bond donors (Lipinski definition) is 1. The Bertz CT molecular complexity index is 1200. The molecule has 11 nitrogen and oxygen atoms in total. The molecule has 2 fully saturated rings. The summed E-state index contributed by atoms with van der Waals surface area (Å²) in [5.74, 6) is 0.737. The van der Waals surface area contributed by atoms with E-state index in [9.17, 15) is 14.5 Å². The number of alkyl halides is 1. The van der Waals surface area contributed by atoms with Gasteiger partial charge in [-0.25, -0.2) is 9.07 Å². The number of fused-ring (bicyclic) bond motifs is 1. The number of nitrogens with zero attached hydrogens (tertiary/aromatic N) is 7. The molecule has 1 unspecified atom stereocenters. The van der Waals surface area contributed by atoms with Crippen LogP contribution in [0, 0.1) is 10.1 Å². The molecule has 2 saturated heterocycles. The Hall–Kier alpha value is -3.12. The molecule has 12 heteroatoms. The molecule has 0 saturated carbocycles. The first-order valence-corrected chi connectivity index (χ1v) is 11.6. The van der Waals surface area contributed by atoms with E-state index in [1.54, 1.807) is 16.9 Å². The highest BCUT2D eigenvalue weighted by Crippen LogP contribution is 2.35. The Kier molecular flexibility index (Phi) is 5.72. The van der Waals surface area contributed by atoms with Gasteiger partial charge in [-0.1, -0.05) is 0 Å². The fourth-order valence-electron chi connectivity index (χ4n) is 4.50. The third kappa shape index (κ3) is 4.23. The predicted molar refractivity (Wildman–Crippen MR) is 124 cm³/mol. The summed E-state index contributed by atoms with van der Waals surface area (Å²) in [5, 5.41) is 25.0. The standard InChI is InChI=1S/C22H29FN8O3/c1-22(2,23)13-30-17-8-16(25-9-15(17)21(27-30)28-10-14(11-28)24-3)20-18(31(32)33)12-29(26-20)19-6-4-5-7-34-19/h8-9,12,14,19,24H,4-7,10-11,13H2,1-3H3. The lowest BCUT2D eigenvalue weighted by atomic mass is 10.1. The van der Waals surface area contributed by atoms with Crippen LogP contribution in [-0.2, 0) is 11.3 Å². The SMILES string of the molecule is CNC1CN(c2nn(CC(C)(C)F)c3cc(-c4nn(C5CCCCO5)cc4[N+](=O)[O-])ncc23)C1. The number of aromatic nitrogens is 5. The number of ether oxygens (including phenoxy) is 1. The number of rotatable bonds is 7. The van der Waals surface area contributed by atoms with Crippen LogP contribution in [0.25, 0.3) is 22.3 Å². The second-order valence-corrected chi connectivity index (χ2v) is 9.60. The van der Waals surface area contributed by atoms with Crippen LogP contribution < -0.4 is 10.2 Å². The molecule has 2 aliphatic heterocycles. The van der Waals surface area contributed by atoms with Crippen molar-refractivity contribution in [3.05, 3.63) is 28.6 Å². The highest BCUT2D eigenvalue weighted by atomic mass is 19.1. The summed E-state index contributed by atoms with van der Waals surface area (Å²) in [7, 11) is 1.92. The van der Waals surface area contributed by atoms with Crippen molar-refractivity contribution in [2.24, 2.45) is 0 Å². The fraction of sp³-hybridized carbons (Fsp3) is 0.591. The zero-order valence-corrected chi connectivity index (χ0v) is 19.6. The van der Waals surface area contributed by atoms with Gasteiger partial charge in [0.1, 0.15) is 18.1 Å². The molecular formula is C22H29FN8O3. The molecule has 182 valence electrons. The summed E-state index contributed by atoms with van der Waals surface area (Å²) in [6.07, 6.45) is 5.42. The maximum atomic E-state index is 14.6. The minimum absolute atomic E-state index is 0.0443. The van der Waals surface area contributed by atoms with Crippen LogP contribution >= 0.6 is 0 Å². The van der Waals surface area contributed by atoms with E-state index in [1.165, 1.54) is 24.7 Å². The second-order valence-electron chi connectivity index (χ2n) is 9.60. The summed E-state index contributed by atoms with van der Waals surface area (Å²) >= 11 is 0. The van der Waals surface area contributed by atoms with Crippen molar-refractivity contribution in [1.29, 1.82) is 0 Å². The zero-order valence-electron chi connectivity index (χ0n) is 19.6. The van der Waals surface area contributed by atoms with Gasteiger partial charge in [-0.3, -0.25) is 19.8 Å². The lowest BCUT2D eigenvalue weighted by Gasteiger charge is -2.39. The second kappa shape index (κ2) is 8.58. The average molecular weight is 473 g/mol. The zero-order chi connectivity index (χ0) is 24.0. The molecule has 0 aromatic carbocycles. The molecule has 1 atom stereocenters. The summed E-state index contributed by atoms with van der Waals surface area (Å²) in [6.45, 7) is 5.23. The average Bonchev–Trinajstić information content (AvgIpc) is 3.35. The van der Waals surface area contributed by atoms with E-state index in [0.717, 1.165) is 43.6 Å². The number of nitrogens with one attached hydrogen (secondary N) is 1. The summed E-state index contributed by atoms with van der Waals surface area (Å²) in [5.41, 5.74) is -0.466. The van der Waals surface area contributed by atoms with Gasteiger partial charge in [0.05, 0.1) is 28.1 Å². The van der Waals surface area contributed by atoms with E-state index >= 15 is 0 Å². The van der Waals surface area contributed by atoms with Crippen LogP contribution in [0.3, 0.4) is 0 Å². The van der Waals surface area contributed by atoms with Crippen molar-refractivity contribution in [2.45, 2.75) is 57.6 Å². The van der Waals surface area contributed by atoms with Gasteiger partial charge < -0.3 is 15.0 Å². The van der Waals surface area contributed by atoms with Gasteiger partial charge in [0.25, 0.3) is 0 Å². The molecule has 0 radical (unpaired) electrons. The lowest BCUT2D eigenvalue weighted by Crippen LogP contribution is -2.57. The van der Waals surface area contributed by atoms with Crippen LogP contribution in [0.4, 0.5) is 15.9 Å². The van der Waals surface area contributed by atoms with E-state index in [4.69, 9.17) is 9.84 Å². The molecule has 5 heterocycles. The first kappa shape index (κ1) is 22.7. The maximum absolute atomic E-state index is 14.6. The van der Waals surface area contributed by atoms with Crippen molar-refractivity contribution in [2.75, 3.05) is 31.6 Å². The Labute approximate surface area is 196 Å². The van der Waals surface area contributed by atoms with E-state index in [0.29, 0.717) is 23.9 Å². The van der Waals surface area contributed by atoms with Crippen molar-refractivity contribution < 1.29 is 14.1 Å². The quantitative estimate of drug-likeness (QED) is 0.412. The number of pyridine rings is 1. The first-order valence-electron chi connectivity index (χ1n) is 11.6. The molecule has 3 aromatic rings. The molecule has 1 N–H and O–H groups in total. The van der Waals surface area contributed by atoms with Crippen molar-refractivity contribution in [3.63, 3.8) is 0 Å². The molecule has 34 heavy (non-hydrogen) atoms. The summed E-state index contributed by atoms with van der Waals surface area (Å²) < 4.78 is 23.5. The van der Waals surface area contributed by atoms with Gasteiger partial charge >= 0.3 is 5.69 Å². The smallest absolute Gasteiger partial charge is 0.316 e. The van der Waals surface area contributed by atoms with E-state index in [2.05, 4.69) is 20.3 Å². The molecule has 0 amide bonds. The molecule has 3 aromatic heterocycles. The molecule has 0 aliphatic carbocycles. The van der Waals surface area contributed by atoms with Crippen molar-refractivity contribution in [1.82, 2.24) is 29.9 Å². The van der Waals surface area contributed by atoms with Crippen LogP contribution in [-0.4, -0.2) is 67.9 Å². The Morgan fingerprint density at radius 3 is 2.76 bits per heavy atom. The van der Waals surface area contributed by atoms with Crippen molar-refractivity contribution in [3.8, 4) is 11.4 Å². The topological polar surface area (TPSA) is 116 Å². The van der Waals surface area contributed by atoms with Crippen LogP contribution in [0.2, 0.25) is 0 Å². The minimum atomic E-state index is -1.49. The third-order valence-corrected chi connectivity index (χ3v) is 6.33. The number of halogens is 1. The third-order valence-electron chi connectivity index (χ3n) is 6.33. The van der Waals surface area contributed by atoms with Gasteiger partial charge in [-0.15, -0.1) is 0 Å². The highest BCUT2D eigenvalue weighted by molar-refractivity contribution is 5.92. The maximum Gasteiger partial charge on any atom is 0.316 e. The summed E-state index contributed by atoms with van der Waals surface area (Å²) in [6, 6.07) is 2.09. The van der Waals surface area contributed by atoms with Crippen LogP contribution in [0.15, 0.2) is 18.5 Å². The predicted octanol–water partition coefficient (Wildman–Crippen LogP) is 3.06. The Morgan fingerprint density at radius 2 is 2.12 bits per heavy atom. The van der Waals surface area contributed by atoms with E-state index in [-0.39, 0.29) is 24.2 Å². The number of likely N-dealkylation sites (N-methyl/N-ethyl adjacent to an activating group) is 1. The number of anilines is 1. The van der Waals surface area contributed by atoms with Gasteiger partial charge in [0.2, 0.25) is 0 Å². The lowest BCUT2D eigenvalue weighted by molar-refractivity contribution is -0.384. The molecular weight excluding hydrogens is 443 g/mol. The van der Waals surface area contributed by atoms with E-state index in [1.807, 2.05) is 7.05 Å². The molecule has 2 aliphatic rings. The van der Waals surface area contributed by atoms with Gasteiger partial charge in [0, 0.05) is 31.9 Å². The molecule has 5 rings (SSSR count). The van der Waals surface area contributed by atoms with Gasteiger partial charge in [-0.05, 0) is 46.2 Å².